The number of fused-ring (bicyclic) bond motifs is 14. The molecule has 0 fully saturated rings. The van der Waals surface area contributed by atoms with E-state index in [1.54, 1.807) is 0 Å². The lowest BCUT2D eigenvalue weighted by atomic mass is 10.0. The van der Waals surface area contributed by atoms with E-state index >= 15 is 0 Å². The Morgan fingerprint density at radius 3 is 1.36 bits per heavy atom. The Bertz CT molecular complexity index is 4890. The Balaban J connectivity index is 1.03. The average molecular weight is 969 g/mol. The van der Waals surface area contributed by atoms with Gasteiger partial charge in [0.15, 0.2) is 5.82 Å². The Kier molecular flexibility index (Phi) is 9.23. The fourth-order valence-corrected chi connectivity index (χ4v) is 12.4. The summed E-state index contributed by atoms with van der Waals surface area (Å²) in [6.07, 6.45) is 0. The summed E-state index contributed by atoms with van der Waals surface area (Å²) in [5.74, 6) is 0.689. The van der Waals surface area contributed by atoms with Crippen LogP contribution in [0.5, 0.6) is 0 Å². The Hall–Kier alpha value is -10.3. The van der Waals surface area contributed by atoms with Gasteiger partial charge in [-0.25, -0.2) is 9.97 Å². The third-order valence-corrected chi connectivity index (χ3v) is 15.5. The predicted octanol–water partition coefficient (Wildman–Crippen LogP) is 17.9. The summed E-state index contributed by atoms with van der Waals surface area (Å²) < 4.78 is 9.87. The van der Waals surface area contributed by atoms with Gasteiger partial charge in [0.2, 0.25) is 0 Å². The first-order chi connectivity index (χ1) is 37.7. The van der Waals surface area contributed by atoms with Gasteiger partial charge in [-0.15, -0.1) is 0 Å². The molecule has 0 N–H and O–H groups in total. The zero-order chi connectivity index (χ0) is 49.8. The molecule has 0 aliphatic carbocycles. The van der Waals surface area contributed by atoms with Crippen molar-refractivity contribution in [1.29, 1.82) is 0 Å². The molecule has 0 atom stereocenters. The molecule has 6 heteroatoms. The van der Waals surface area contributed by atoms with Crippen LogP contribution in [0.25, 0.3) is 144 Å². The number of para-hydroxylation sites is 5. The van der Waals surface area contributed by atoms with Crippen LogP contribution in [-0.2, 0) is 0 Å². The van der Waals surface area contributed by atoms with E-state index in [9.17, 15) is 0 Å². The summed E-state index contributed by atoms with van der Waals surface area (Å²) >= 11 is 0. The van der Waals surface area contributed by atoms with E-state index < -0.39 is 0 Å². The van der Waals surface area contributed by atoms with E-state index in [4.69, 9.17) is 9.97 Å². The van der Waals surface area contributed by atoms with Crippen molar-refractivity contribution in [3.63, 3.8) is 0 Å². The summed E-state index contributed by atoms with van der Waals surface area (Å²) in [4.78, 5) is 10.6. The van der Waals surface area contributed by atoms with Crippen LogP contribution in [0.1, 0.15) is 0 Å². The van der Waals surface area contributed by atoms with E-state index in [1.165, 1.54) is 38.0 Å². The molecule has 0 bridgehead atoms. The lowest BCUT2D eigenvalue weighted by Gasteiger charge is -2.11. The fraction of sp³-hybridized carbons (Fsp3) is 0. The molecule has 0 unspecified atom stereocenters. The fourth-order valence-electron chi connectivity index (χ4n) is 12.4. The summed E-state index contributed by atoms with van der Waals surface area (Å²) in [6.45, 7) is 0. The molecule has 0 amide bonds. The lowest BCUT2D eigenvalue weighted by Crippen LogP contribution is -1.96. The zero-order valence-electron chi connectivity index (χ0n) is 41.1. The first kappa shape index (κ1) is 42.2. The van der Waals surface area contributed by atoms with Gasteiger partial charge in [-0.2, -0.15) is 0 Å². The SMILES string of the molecule is c1ccc(-c2cc(-c3cccc4c3c3ccc5c(c6cc(-n7c8ccccc8c8c7ccc7c9ccccc9n(-c9ccccc9)c78)ccc6n5-c5ccccc5)c3n4-c3ccccc3)nc(-c3ccccc3)n2)cc1. The number of aromatic nitrogens is 6. The predicted molar refractivity (Wildman–Crippen MR) is 316 cm³/mol. The van der Waals surface area contributed by atoms with E-state index in [0.29, 0.717) is 5.82 Å². The average Bonchev–Trinajstić information content (AvgIpc) is 4.41. The largest absolute Gasteiger partial charge is 0.309 e. The summed E-state index contributed by atoms with van der Waals surface area (Å²) in [5.41, 5.74) is 18.4. The molecule has 76 heavy (non-hydrogen) atoms. The van der Waals surface area contributed by atoms with Gasteiger partial charge in [0, 0.05) is 82.5 Å². The van der Waals surface area contributed by atoms with E-state index in [1.807, 2.05) is 12.1 Å². The molecule has 0 radical (unpaired) electrons. The number of hydrogen-bond donors (Lipinski definition) is 0. The van der Waals surface area contributed by atoms with Crippen LogP contribution in [0.2, 0.25) is 0 Å². The molecule has 5 aromatic heterocycles. The monoisotopic (exact) mass is 968 g/mol. The molecule has 16 aromatic rings. The van der Waals surface area contributed by atoms with Crippen molar-refractivity contribution in [1.82, 2.24) is 28.2 Å². The minimum atomic E-state index is 0.689. The topological polar surface area (TPSA) is 45.5 Å². The van der Waals surface area contributed by atoms with Crippen molar-refractivity contribution in [2.24, 2.45) is 0 Å². The second kappa shape index (κ2) is 16.6. The molecule has 354 valence electrons. The number of benzene rings is 11. The van der Waals surface area contributed by atoms with Crippen molar-refractivity contribution in [3.8, 4) is 56.7 Å². The van der Waals surface area contributed by atoms with Gasteiger partial charge in [0.25, 0.3) is 0 Å². The Morgan fingerprint density at radius 1 is 0.237 bits per heavy atom. The molecular formula is C70H44N6. The zero-order valence-corrected chi connectivity index (χ0v) is 41.1. The lowest BCUT2D eigenvalue weighted by molar-refractivity contribution is 1.16. The Labute approximate surface area is 436 Å². The third-order valence-electron chi connectivity index (χ3n) is 15.5. The van der Waals surface area contributed by atoms with Gasteiger partial charge in [-0.1, -0.05) is 176 Å². The molecule has 0 aliphatic rings. The smallest absolute Gasteiger partial charge is 0.160 e. The van der Waals surface area contributed by atoms with Crippen molar-refractivity contribution in [2.75, 3.05) is 0 Å². The van der Waals surface area contributed by atoms with Crippen LogP contribution < -0.4 is 0 Å². The van der Waals surface area contributed by atoms with Gasteiger partial charge in [0.1, 0.15) is 0 Å². The highest BCUT2D eigenvalue weighted by molar-refractivity contribution is 6.29. The minimum Gasteiger partial charge on any atom is -0.309 e. The molecule has 0 saturated carbocycles. The molecule has 6 nitrogen and oxygen atoms in total. The van der Waals surface area contributed by atoms with Crippen LogP contribution in [0.3, 0.4) is 0 Å². The molecule has 11 aromatic carbocycles. The number of nitrogens with zero attached hydrogens (tertiary/aromatic N) is 6. The first-order valence-corrected chi connectivity index (χ1v) is 25.9. The highest BCUT2D eigenvalue weighted by Gasteiger charge is 2.26. The van der Waals surface area contributed by atoms with Crippen molar-refractivity contribution < 1.29 is 0 Å². The van der Waals surface area contributed by atoms with Gasteiger partial charge in [-0.3, -0.25) is 0 Å². The van der Waals surface area contributed by atoms with Crippen molar-refractivity contribution in [2.45, 2.75) is 0 Å². The maximum Gasteiger partial charge on any atom is 0.160 e. The normalized spacial score (nSPS) is 11.9. The van der Waals surface area contributed by atoms with Gasteiger partial charge >= 0.3 is 0 Å². The van der Waals surface area contributed by atoms with E-state index in [0.717, 1.165) is 100 Å². The highest BCUT2D eigenvalue weighted by Crippen LogP contribution is 2.47. The number of hydrogen-bond acceptors (Lipinski definition) is 2. The standard InChI is InChI=1S/C70H44N6/c1-6-21-45(22-7-1)57-44-58(72-70(71-57)46-23-8-2-9-24-46)53-33-20-36-62-65(53)55-39-42-64-67(69(55)76(62)49-29-14-5-15-30-49)56-43-50(37-40-61(56)73(64)47-25-10-3-11-26-47)74-60-35-19-17-32-54(60)66-63(74)41-38-52-51-31-16-18-34-59(51)75(68(52)66)48-27-12-4-13-28-48/h1-44H. The summed E-state index contributed by atoms with van der Waals surface area (Å²) in [6, 6.07) is 96.2. The third kappa shape index (κ3) is 6.22. The van der Waals surface area contributed by atoms with Crippen molar-refractivity contribution in [3.05, 3.63) is 267 Å². The van der Waals surface area contributed by atoms with Gasteiger partial charge in [0.05, 0.1) is 55.5 Å². The Morgan fingerprint density at radius 2 is 0.684 bits per heavy atom. The second-order valence-electron chi connectivity index (χ2n) is 19.7. The quantitative estimate of drug-likeness (QED) is 0.160. The minimum absolute atomic E-state index is 0.689. The maximum absolute atomic E-state index is 5.41. The van der Waals surface area contributed by atoms with Crippen molar-refractivity contribution >= 4 is 87.2 Å². The van der Waals surface area contributed by atoms with Crippen LogP contribution in [-0.4, -0.2) is 28.2 Å². The molecular weight excluding hydrogens is 925 g/mol. The van der Waals surface area contributed by atoms with E-state index in [2.05, 4.69) is 273 Å². The number of rotatable bonds is 7. The molecule has 16 rings (SSSR count). The van der Waals surface area contributed by atoms with Gasteiger partial charge < -0.3 is 18.3 Å². The molecule has 0 saturated heterocycles. The van der Waals surface area contributed by atoms with Crippen LogP contribution in [0.4, 0.5) is 0 Å². The maximum atomic E-state index is 5.41. The van der Waals surface area contributed by atoms with Crippen LogP contribution in [0, 0.1) is 0 Å². The van der Waals surface area contributed by atoms with E-state index in [-0.39, 0.29) is 0 Å². The highest BCUT2D eigenvalue weighted by atomic mass is 15.0. The molecule has 5 heterocycles. The summed E-state index contributed by atoms with van der Waals surface area (Å²) in [5, 5.41) is 9.54. The van der Waals surface area contributed by atoms with Gasteiger partial charge in [-0.05, 0) is 91.0 Å². The first-order valence-electron chi connectivity index (χ1n) is 25.9. The molecule has 0 aliphatic heterocycles. The molecule has 0 spiro atoms. The van der Waals surface area contributed by atoms with Crippen LogP contribution in [0.15, 0.2) is 267 Å². The second-order valence-corrected chi connectivity index (χ2v) is 19.7. The van der Waals surface area contributed by atoms with Crippen LogP contribution >= 0.6 is 0 Å². The summed E-state index contributed by atoms with van der Waals surface area (Å²) in [7, 11) is 0.